The van der Waals surface area contributed by atoms with Crippen LogP contribution in [0.5, 0.6) is 0 Å². The van der Waals surface area contributed by atoms with Crippen LogP contribution in [-0.4, -0.2) is 40.4 Å². The lowest BCUT2D eigenvalue weighted by molar-refractivity contribution is 0.0799. The lowest BCUT2D eigenvalue weighted by atomic mass is 10.3. The number of pyridine rings is 1. The molecule has 76 valence electrons. The summed E-state index contributed by atoms with van der Waals surface area (Å²) in [4.78, 5) is 15.1. The van der Waals surface area contributed by atoms with Gasteiger partial charge in [0.1, 0.15) is 5.69 Å². The van der Waals surface area contributed by atoms with Crippen molar-refractivity contribution in [1.29, 1.82) is 0 Å². The Morgan fingerprint density at radius 2 is 2.36 bits per heavy atom. The van der Waals surface area contributed by atoms with Crippen LogP contribution in [0.2, 0.25) is 0 Å². The maximum Gasteiger partial charge on any atom is 0.269 e. The van der Waals surface area contributed by atoms with Gasteiger partial charge in [-0.15, -0.1) is 0 Å². The van der Waals surface area contributed by atoms with E-state index in [1.54, 1.807) is 18.2 Å². The zero-order valence-corrected chi connectivity index (χ0v) is 7.55. The van der Waals surface area contributed by atoms with Crippen molar-refractivity contribution in [2.75, 3.05) is 13.2 Å². The standard InChI is InChI=1S/C9H12N2O3/c12-6-7(13)5-11-9(14)8-3-1-2-4-10-8/h1-4,7,12-13H,5-6H2,(H,11,14)/t7-/m0/s1. The van der Waals surface area contributed by atoms with Gasteiger partial charge in [0.15, 0.2) is 0 Å². The van der Waals surface area contributed by atoms with Crippen LogP contribution in [0, 0.1) is 0 Å². The smallest absolute Gasteiger partial charge is 0.269 e. The van der Waals surface area contributed by atoms with Crippen LogP contribution < -0.4 is 5.32 Å². The normalized spacial score (nSPS) is 12.1. The number of aliphatic hydroxyl groups is 2. The largest absolute Gasteiger partial charge is 0.394 e. The monoisotopic (exact) mass is 196 g/mol. The zero-order chi connectivity index (χ0) is 10.4. The average Bonchev–Trinajstić information content (AvgIpc) is 2.26. The summed E-state index contributed by atoms with van der Waals surface area (Å²) in [5.41, 5.74) is 0.289. The van der Waals surface area contributed by atoms with Gasteiger partial charge < -0.3 is 15.5 Å². The van der Waals surface area contributed by atoms with E-state index in [1.807, 2.05) is 0 Å². The van der Waals surface area contributed by atoms with Crippen LogP contribution >= 0.6 is 0 Å². The molecule has 0 aliphatic rings. The van der Waals surface area contributed by atoms with Crippen molar-refractivity contribution < 1.29 is 15.0 Å². The van der Waals surface area contributed by atoms with Crippen molar-refractivity contribution in [2.24, 2.45) is 0 Å². The number of aliphatic hydroxyl groups excluding tert-OH is 2. The molecule has 1 aromatic heterocycles. The Bertz CT molecular complexity index is 289. The number of hydrogen-bond donors (Lipinski definition) is 3. The molecule has 5 heteroatoms. The molecule has 0 unspecified atom stereocenters. The van der Waals surface area contributed by atoms with Crippen molar-refractivity contribution in [2.45, 2.75) is 6.10 Å². The van der Waals surface area contributed by atoms with E-state index in [9.17, 15) is 4.79 Å². The van der Waals surface area contributed by atoms with Gasteiger partial charge in [-0.1, -0.05) is 6.07 Å². The van der Waals surface area contributed by atoms with E-state index in [4.69, 9.17) is 10.2 Å². The Morgan fingerprint density at radius 1 is 1.57 bits per heavy atom. The van der Waals surface area contributed by atoms with Crippen molar-refractivity contribution in [3.05, 3.63) is 30.1 Å². The fourth-order valence-electron chi connectivity index (χ4n) is 0.863. The Balaban J connectivity index is 2.44. The Labute approximate surface area is 81.4 Å². The van der Waals surface area contributed by atoms with E-state index in [2.05, 4.69) is 10.3 Å². The van der Waals surface area contributed by atoms with Crippen LogP contribution in [0.15, 0.2) is 24.4 Å². The third kappa shape index (κ3) is 3.12. The van der Waals surface area contributed by atoms with E-state index in [-0.39, 0.29) is 24.8 Å². The summed E-state index contributed by atoms with van der Waals surface area (Å²) < 4.78 is 0. The SMILES string of the molecule is O=C(NC[C@H](O)CO)c1ccccn1. The summed E-state index contributed by atoms with van der Waals surface area (Å²) in [5, 5.41) is 19.9. The van der Waals surface area contributed by atoms with Gasteiger partial charge >= 0.3 is 0 Å². The number of carbonyl (C=O) groups excluding carboxylic acids is 1. The van der Waals surface area contributed by atoms with E-state index < -0.39 is 6.10 Å². The van der Waals surface area contributed by atoms with E-state index in [0.29, 0.717) is 0 Å². The molecular weight excluding hydrogens is 184 g/mol. The molecule has 1 aromatic rings. The number of amides is 1. The summed E-state index contributed by atoms with van der Waals surface area (Å²) in [6, 6.07) is 4.98. The highest BCUT2D eigenvalue weighted by molar-refractivity contribution is 5.92. The molecule has 0 aliphatic carbocycles. The predicted octanol–water partition coefficient (Wildman–Crippen LogP) is -0.835. The van der Waals surface area contributed by atoms with Gasteiger partial charge in [0.2, 0.25) is 0 Å². The Hall–Kier alpha value is -1.46. The zero-order valence-electron chi connectivity index (χ0n) is 7.55. The third-order valence-corrected chi connectivity index (χ3v) is 1.61. The molecule has 0 aliphatic heterocycles. The molecule has 1 heterocycles. The maximum absolute atomic E-state index is 11.3. The van der Waals surface area contributed by atoms with Crippen LogP contribution in [0.25, 0.3) is 0 Å². The van der Waals surface area contributed by atoms with Crippen molar-refractivity contribution in [3.8, 4) is 0 Å². The molecule has 0 bridgehead atoms. The van der Waals surface area contributed by atoms with E-state index in [0.717, 1.165) is 0 Å². The summed E-state index contributed by atoms with van der Waals surface area (Å²) in [7, 11) is 0. The predicted molar refractivity (Wildman–Crippen MR) is 49.7 cm³/mol. The summed E-state index contributed by atoms with van der Waals surface area (Å²) in [6.07, 6.45) is 0.583. The van der Waals surface area contributed by atoms with E-state index in [1.165, 1.54) is 6.20 Å². The number of nitrogens with one attached hydrogen (secondary N) is 1. The van der Waals surface area contributed by atoms with Gasteiger partial charge in [-0.3, -0.25) is 9.78 Å². The molecule has 1 atom stereocenters. The summed E-state index contributed by atoms with van der Waals surface area (Å²) >= 11 is 0. The highest BCUT2D eigenvalue weighted by Crippen LogP contribution is 1.92. The van der Waals surface area contributed by atoms with Gasteiger partial charge in [-0.05, 0) is 12.1 Å². The van der Waals surface area contributed by atoms with Crippen LogP contribution in [0.4, 0.5) is 0 Å². The minimum Gasteiger partial charge on any atom is -0.394 e. The van der Waals surface area contributed by atoms with Crippen LogP contribution in [0.3, 0.4) is 0 Å². The van der Waals surface area contributed by atoms with Crippen molar-refractivity contribution >= 4 is 5.91 Å². The fourth-order valence-corrected chi connectivity index (χ4v) is 0.863. The summed E-state index contributed by atoms with van der Waals surface area (Å²) in [6.45, 7) is -0.353. The Kier molecular flexibility index (Phi) is 4.03. The number of nitrogens with zero attached hydrogens (tertiary/aromatic N) is 1. The number of aromatic nitrogens is 1. The first-order valence-corrected chi connectivity index (χ1v) is 4.22. The first kappa shape index (κ1) is 10.6. The molecule has 0 spiro atoms. The second kappa shape index (κ2) is 5.31. The van der Waals surface area contributed by atoms with E-state index >= 15 is 0 Å². The first-order chi connectivity index (χ1) is 6.74. The second-order valence-electron chi connectivity index (χ2n) is 2.76. The third-order valence-electron chi connectivity index (χ3n) is 1.61. The van der Waals surface area contributed by atoms with Gasteiger partial charge in [0.05, 0.1) is 12.7 Å². The molecule has 0 fully saturated rings. The lowest BCUT2D eigenvalue weighted by Crippen LogP contribution is -2.34. The van der Waals surface area contributed by atoms with Gasteiger partial charge in [-0.2, -0.15) is 0 Å². The van der Waals surface area contributed by atoms with Crippen molar-refractivity contribution in [3.63, 3.8) is 0 Å². The second-order valence-corrected chi connectivity index (χ2v) is 2.76. The van der Waals surface area contributed by atoms with Crippen LogP contribution in [-0.2, 0) is 0 Å². The first-order valence-electron chi connectivity index (χ1n) is 4.22. The fraction of sp³-hybridized carbons (Fsp3) is 0.333. The van der Waals surface area contributed by atoms with Gasteiger partial charge in [-0.25, -0.2) is 0 Å². The Morgan fingerprint density at radius 3 is 2.93 bits per heavy atom. The van der Waals surface area contributed by atoms with Crippen molar-refractivity contribution in [1.82, 2.24) is 10.3 Å². The molecule has 0 radical (unpaired) electrons. The molecule has 5 nitrogen and oxygen atoms in total. The molecule has 1 rings (SSSR count). The molecule has 0 saturated heterocycles. The lowest BCUT2D eigenvalue weighted by Gasteiger charge is -2.07. The molecule has 0 aromatic carbocycles. The molecular formula is C9H12N2O3. The quantitative estimate of drug-likeness (QED) is 0.586. The highest BCUT2D eigenvalue weighted by atomic mass is 16.3. The molecule has 0 saturated carbocycles. The molecule has 14 heavy (non-hydrogen) atoms. The maximum atomic E-state index is 11.3. The number of hydrogen-bond acceptors (Lipinski definition) is 4. The molecule has 3 N–H and O–H groups in total. The van der Waals surface area contributed by atoms with Gasteiger partial charge in [0, 0.05) is 12.7 Å². The highest BCUT2D eigenvalue weighted by Gasteiger charge is 2.07. The van der Waals surface area contributed by atoms with Gasteiger partial charge in [0.25, 0.3) is 5.91 Å². The minimum atomic E-state index is -0.928. The topological polar surface area (TPSA) is 82.5 Å². The number of carbonyl (C=O) groups is 1. The molecule has 1 amide bonds. The number of rotatable bonds is 4. The average molecular weight is 196 g/mol. The van der Waals surface area contributed by atoms with Crippen LogP contribution in [0.1, 0.15) is 10.5 Å². The minimum absolute atomic E-state index is 0.0197. The summed E-state index contributed by atoms with van der Waals surface area (Å²) in [5.74, 6) is -0.363.